The highest BCUT2D eigenvalue weighted by atomic mass is 35.5. The largest absolute Gasteiger partial charge is 0.504 e. The number of aromatic hydroxyl groups is 1. The Kier molecular flexibility index (Phi) is 1.75. The second kappa shape index (κ2) is 2.59. The van der Waals surface area contributed by atoms with E-state index in [-0.39, 0.29) is 5.02 Å². The lowest BCUT2D eigenvalue weighted by Crippen LogP contribution is -2.04. The summed E-state index contributed by atoms with van der Waals surface area (Å²) in [6.45, 7) is 0. The van der Waals surface area contributed by atoms with Gasteiger partial charge in [0.2, 0.25) is 0 Å². The van der Waals surface area contributed by atoms with E-state index in [0.29, 0.717) is 18.4 Å². The third-order valence-electron chi connectivity index (χ3n) is 2.28. The van der Waals surface area contributed by atoms with Gasteiger partial charge in [-0.1, -0.05) is 11.6 Å². The maximum Gasteiger partial charge on any atom is 0.170 e. The Labute approximate surface area is 79.6 Å². The molecule has 0 atom stereocenters. The first-order chi connectivity index (χ1) is 6.03. The summed E-state index contributed by atoms with van der Waals surface area (Å²) in [5.74, 6) is -1.35. The van der Waals surface area contributed by atoms with Crippen molar-refractivity contribution in [2.45, 2.75) is 18.4 Å². The monoisotopic (exact) mass is 202 g/mol. The van der Waals surface area contributed by atoms with E-state index in [1.165, 1.54) is 6.07 Å². The van der Waals surface area contributed by atoms with Crippen LogP contribution in [0.4, 0.5) is 4.39 Å². The molecule has 2 rings (SSSR count). The lowest BCUT2D eigenvalue weighted by Gasteiger charge is -2.09. The van der Waals surface area contributed by atoms with Crippen LogP contribution in [0.5, 0.6) is 5.75 Å². The van der Waals surface area contributed by atoms with Crippen molar-refractivity contribution in [3.63, 3.8) is 0 Å². The molecule has 0 heterocycles. The van der Waals surface area contributed by atoms with Crippen molar-refractivity contribution in [1.29, 1.82) is 0 Å². The van der Waals surface area contributed by atoms with Gasteiger partial charge in [-0.2, -0.15) is 0 Å². The number of halogens is 2. The second-order valence-electron chi connectivity index (χ2n) is 3.32. The summed E-state index contributed by atoms with van der Waals surface area (Å²) in [5.41, 5.74) is -0.481. The minimum Gasteiger partial charge on any atom is -0.504 e. The van der Waals surface area contributed by atoms with Crippen LogP contribution in [0.15, 0.2) is 12.1 Å². The van der Waals surface area contributed by atoms with Crippen LogP contribution < -0.4 is 0 Å². The molecule has 1 aliphatic rings. The maximum absolute atomic E-state index is 13.0. The molecule has 0 saturated heterocycles. The highest BCUT2D eigenvalue weighted by molar-refractivity contribution is 6.32. The van der Waals surface area contributed by atoms with Gasteiger partial charge in [-0.3, -0.25) is 0 Å². The predicted octanol–water partition coefficient (Wildman–Crippen LogP) is 2.17. The zero-order valence-electron chi connectivity index (χ0n) is 6.72. The first kappa shape index (κ1) is 8.78. The van der Waals surface area contributed by atoms with Crippen LogP contribution >= 0.6 is 11.6 Å². The quantitative estimate of drug-likeness (QED) is 0.733. The minimum absolute atomic E-state index is 0.0599. The standard InChI is InChI=1S/C9H8ClFO2/c10-6-3-5(9(13)1-2-9)4-7(11)8(6)12/h3-4,12-13H,1-2H2. The van der Waals surface area contributed by atoms with Crippen molar-refractivity contribution in [2.75, 3.05) is 0 Å². The molecule has 0 spiro atoms. The van der Waals surface area contributed by atoms with Crippen LogP contribution in [0.25, 0.3) is 0 Å². The first-order valence-electron chi connectivity index (χ1n) is 3.94. The molecule has 1 aromatic carbocycles. The highest BCUT2D eigenvalue weighted by Crippen LogP contribution is 2.47. The summed E-state index contributed by atoms with van der Waals surface area (Å²) < 4.78 is 13.0. The number of rotatable bonds is 1. The Hall–Kier alpha value is -0.800. The summed E-state index contributed by atoms with van der Waals surface area (Å²) >= 11 is 5.55. The van der Waals surface area contributed by atoms with Crippen LogP contribution in [0.1, 0.15) is 18.4 Å². The number of aliphatic hydroxyl groups is 1. The topological polar surface area (TPSA) is 40.5 Å². The minimum atomic E-state index is -0.918. The number of hydrogen-bond acceptors (Lipinski definition) is 2. The molecule has 0 amide bonds. The Balaban J connectivity index is 2.50. The van der Waals surface area contributed by atoms with Gasteiger partial charge >= 0.3 is 0 Å². The molecule has 1 aliphatic carbocycles. The van der Waals surface area contributed by atoms with Crippen molar-refractivity contribution in [3.8, 4) is 5.75 Å². The number of benzene rings is 1. The molecular weight excluding hydrogens is 195 g/mol. The third kappa shape index (κ3) is 1.38. The summed E-state index contributed by atoms with van der Waals surface area (Å²) in [6.07, 6.45) is 1.24. The van der Waals surface area contributed by atoms with Crippen molar-refractivity contribution < 1.29 is 14.6 Å². The summed E-state index contributed by atoms with van der Waals surface area (Å²) in [7, 11) is 0. The lowest BCUT2D eigenvalue weighted by atomic mass is 10.1. The number of hydrogen-bond donors (Lipinski definition) is 2. The van der Waals surface area contributed by atoms with E-state index < -0.39 is 17.2 Å². The molecule has 13 heavy (non-hydrogen) atoms. The van der Waals surface area contributed by atoms with E-state index in [1.807, 2.05) is 0 Å². The number of phenols is 1. The van der Waals surface area contributed by atoms with E-state index in [1.54, 1.807) is 0 Å². The Morgan fingerprint density at radius 3 is 2.46 bits per heavy atom. The molecule has 0 aliphatic heterocycles. The molecule has 1 saturated carbocycles. The van der Waals surface area contributed by atoms with E-state index in [2.05, 4.69) is 0 Å². The van der Waals surface area contributed by atoms with Gasteiger partial charge in [0.15, 0.2) is 11.6 Å². The molecule has 0 radical (unpaired) electrons. The zero-order chi connectivity index (χ0) is 9.64. The highest BCUT2D eigenvalue weighted by Gasteiger charge is 2.42. The molecule has 1 aromatic rings. The smallest absolute Gasteiger partial charge is 0.170 e. The van der Waals surface area contributed by atoms with Gasteiger partial charge in [0.1, 0.15) is 0 Å². The van der Waals surface area contributed by atoms with E-state index in [4.69, 9.17) is 16.7 Å². The normalized spacial score (nSPS) is 18.7. The van der Waals surface area contributed by atoms with Crippen molar-refractivity contribution in [2.24, 2.45) is 0 Å². The molecule has 2 nitrogen and oxygen atoms in total. The van der Waals surface area contributed by atoms with Gasteiger partial charge in [-0.15, -0.1) is 0 Å². The Morgan fingerprint density at radius 1 is 1.38 bits per heavy atom. The Morgan fingerprint density at radius 2 is 2.00 bits per heavy atom. The average Bonchev–Trinajstić information content (AvgIpc) is 2.80. The summed E-state index contributed by atoms with van der Waals surface area (Å²) in [5, 5.41) is 18.6. The fourth-order valence-electron chi connectivity index (χ4n) is 1.24. The third-order valence-corrected chi connectivity index (χ3v) is 2.57. The van der Waals surface area contributed by atoms with Crippen LogP contribution in [0, 0.1) is 5.82 Å². The van der Waals surface area contributed by atoms with Gasteiger partial charge in [-0.25, -0.2) is 4.39 Å². The van der Waals surface area contributed by atoms with Crippen LogP contribution in [-0.2, 0) is 5.60 Å². The second-order valence-corrected chi connectivity index (χ2v) is 3.73. The van der Waals surface area contributed by atoms with Crippen LogP contribution in [0.3, 0.4) is 0 Å². The molecule has 70 valence electrons. The molecule has 0 unspecified atom stereocenters. The summed E-state index contributed by atoms with van der Waals surface area (Å²) in [4.78, 5) is 0. The van der Waals surface area contributed by atoms with Gasteiger partial charge in [0, 0.05) is 0 Å². The van der Waals surface area contributed by atoms with Gasteiger partial charge < -0.3 is 10.2 Å². The molecule has 0 aromatic heterocycles. The van der Waals surface area contributed by atoms with Gasteiger partial charge in [-0.05, 0) is 30.5 Å². The van der Waals surface area contributed by atoms with Crippen molar-refractivity contribution in [3.05, 3.63) is 28.5 Å². The Bertz CT molecular complexity index is 338. The predicted molar refractivity (Wildman–Crippen MR) is 46.2 cm³/mol. The summed E-state index contributed by atoms with van der Waals surface area (Å²) in [6, 6.07) is 2.52. The van der Waals surface area contributed by atoms with Gasteiger partial charge in [0.25, 0.3) is 0 Å². The SMILES string of the molecule is Oc1c(F)cc(C2(O)CC2)cc1Cl. The van der Waals surface area contributed by atoms with Crippen molar-refractivity contribution in [1.82, 2.24) is 0 Å². The fraction of sp³-hybridized carbons (Fsp3) is 0.333. The van der Waals surface area contributed by atoms with Gasteiger partial charge in [0.05, 0.1) is 10.6 Å². The fourth-order valence-corrected chi connectivity index (χ4v) is 1.45. The van der Waals surface area contributed by atoms with Crippen LogP contribution in [0.2, 0.25) is 5.02 Å². The van der Waals surface area contributed by atoms with Crippen LogP contribution in [-0.4, -0.2) is 10.2 Å². The van der Waals surface area contributed by atoms with E-state index >= 15 is 0 Å². The zero-order valence-corrected chi connectivity index (χ0v) is 7.48. The lowest BCUT2D eigenvalue weighted by molar-refractivity contribution is 0.151. The van der Waals surface area contributed by atoms with E-state index in [9.17, 15) is 9.50 Å². The van der Waals surface area contributed by atoms with E-state index in [0.717, 1.165) is 6.07 Å². The molecule has 0 bridgehead atoms. The molecule has 2 N–H and O–H groups in total. The first-order valence-corrected chi connectivity index (χ1v) is 4.31. The maximum atomic E-state index is 13.0. The average molecular weight is 203 g/mol. The molecular formula is C9H8ClFO2. The molecule has 1 fully saturated rings. The number of phenolic OH excluding ortho intramolecular Hbond substituents is 1. The molecule has 4 heteroatoms. The van der Waals surface area contributed by atoms with Crippen molar-refractivity contribution >= 4 is 11.6 Å².